The summed E-state index contributed by atoms with van der Waals surface area (Å²) in [6.07, 6.45) is 5.76. The van der Waals surface area contributed by atoms with Crippen LogP contribution >= 0.6 is 12.4 Å². The Morgan fingerprint density at radius 2 is 2.35 bits per heavy atom. The van der Waals surface area contributed by atoms with Crippen LogP contribution in [0.4, 0.5) is 0 Å². The maximum atomic E-state index is 12.6. The third kappa shape index (κ3) is 3.76. The standard InChI is InChI=1S/C16H22N4O2.ClH/c1-12(15-6-4-10-22-15)19(2)16(21)14-7-9-20(18-14)13-5-3-8-17-11-13;/h4,6-7,9-10,12-13,17H,3,5,8,11H2,1-2H3;1H. The highest BCUT2D eigenvalue weighted by Crippen LogP contribution is 2.21. The van der Waals surface area contributed by atoms with E-state index in [0.717, 1.165) is 31.7 Å². The van der Waals surface area contributed by atoms with Gasteiger partial charge >= 0.3 is 0 Å². The van der Waals surface area contributed by atoms with E-state index < -0.39 is 0 Å². The van der Waals surface area contributed by atoms with E-state index in [4.69, 9.17) is 4.42 Å². The van der Waals surface area contributed by atoms with Crippen molar-refractivity contribution in [1.82, 2.24) is 20.0 Å². The van der Waals surface area contributed by atoms with E-state index in [1.165, 1.54) is 0 Å². The minimum atomic E-state index is -0.121. The SMILES string of the molecule is CC(c1ccco1)N(C)C(=O)c1ccn(C2CCCNC2)n1.Cl. The molecule has 1 aliphatic heterocycles. The molecular formula is C16H23ClN4O2. The summed E-state index contributed by atoms with van der Waals surface area (Å²) in [5.41, 5.74) is 0.478. The molecular weight excluding hydrogens is 316 g/mol. The first-order chi connectivity index (χ1) is 10.7. The molecule has 1 fully saturated rings. The summed E-state index contributed by atoms with van der Waals surface area (Å²) in [5, 5.41) is 7.84. The van der Waals surface area contributed by atoms with Crippen LogP contribution in [0.25, 0.3) is 0 Å². The third-order valence-electron chi connectivity index (χ3n) is 4.33. The molecule has 0 spiro atoms. The number of nitrogens with zero attached hydrogens (tertiary/aromatic N) is 3. The van der Waals surface area contributed by atoms with Gasteiger partial charge in [-0.2, -0.15) is 5.10 Å². The molecule has 2 aromatic heterocycles. The molecule has 126 valence electrons. The summed E-state index contributed by atoms with van der Waals surface area (Å²) >= 11 is 0. The Morgan fingerprint density at radius 3 is 3.00 bits per heavy atom. The number of aromatic nitrogens is 2. The lowest BCUT2D eigenvalue weighted by atomic mass is 10.1. The van der Waals surface area contributed by atoms with Crippen LogP contribution in [-0.2, 0) is 0 Å². The van der Waals surface area contributed by atoms with Crippen LogP contribution in [0, 0.1) is 0 Å². The van der Waals surface area contributed by atoms with Crippen LogP contribution in [-0.4, -0.2) is 40.7 Å². The highest BCUT2D eigenvalue weighted by Gasteiger charge is 2.24. The first kappa shape index (κ1) is 17.6. The van der Waals surface area contributed by atoms with E-state index >= 15 is 0 Å². The largest absolute Gasteiger partial charge is 0.467 e. The summed E-state index contributed by atoms with van der Waals surface area (Å²) in [5.74, 6) is 0.679. The molecule has 1 N–H and O–H groups in total. The smallest absolute Gasteiger partial charge is 0.274 e. The molecule has 3 rings (SSSR count). The number of hydrogen-bond donors (Lipinski definition) is 1. The number of amides is 1. The van der Waals surface area contributed by atoms with Crippen LogP contribution in [0.15, 0.2) is 35.1 Å². The molecule has 0 bridgehead atoms. The first-order valence-electron chi connectivity index (χ1n) is 7.73. The summed E-state index contributed by atoms with van der Waals surface area (Å²) in [7, 11) is 1.77. The molecule has 2 aromatic rings. The van der Waals surface area contributed by atoms with Gasteiger partial charge in [0.2, 0.25) is 0 Å². The number of hydrogen-bond acceptors (Lipinski definition) is 4. The lowest BCUT2D eigenvalue weighted by Gasteiger charge is -2.24. The number of carbonyl (C=O) groups excluding carboxylic acids is 1. The molecule has 0 aliphatic carbocycles. The van der Waals surface area contributed by atoms with Crippen molar-refractivity contribution >= 4 is 18.3 Å². The van der Waals surface area contributed by atoms with Gasteiger partial charge < -0.3 is 14.6 Å². The predicted molar refractivity (Wildman–Crippen MR) is 89.8 cm³/mol. The summed E-state index contributed by atoms with van der Waals surface area (Å²) < 4.78 is 7.28. The van der Waals surface area contributed by atoms with Gasteiger partial charge in [-0.05, 0) is 44.5 Å². The fraction of sp³-hybridized carbons (Fsp3) is 0.500. The van der Waals surface area contributed by atoms with Gasteiger partial charge in [-0.15, -0.1) is 12.4 Å². The van der Waals surface area contributed by atoms with Gasteiger partial charge in [0.05, 0.1) is 18.3 Å². The summed E-state index contributed by atoms with van der Waals surface area (Å²) in [4.78, 5) is 14.2. The molecule has 1 saturated heterocycles. The van der Waals surface area contributed by atoms with Gasteiger partial charge in [-0.25, -0.2) is 0 Å². The van der Waals surface area contributed by atoms with Crippen molar-refractivity contribution in [2.24, 2.45) is 0 Å². The van der Waals surface area contributed by atoms with E-state index in [1.807, 2.05) is 29.9 Å². The van der Waals surface area contributed by atoms with E-state index in [-0.39, 0.29) is 24.4 Å². The number of rotatable bonds is 4. The zero-order valence-electron chi connectivity index (χ0n) is 13.4. The van der Waals surface area contributed by atoms with Crippen LogP contribution in [0.2, 0.25) is 0 Å². The minimum absolute atomic E-state index is 0. The van der Waals surface area contributed by atoms with Crippen molar-refractivity contribution in [2.75, 3.05) is 20.1 Å². The average Bonchev–Trinajstić information content (AvgIpc) is 3.25. The molecule has 3 heterocycles. The molecule has 1 amide bonds. The first-order valence-corrected chi connectivity index (χ1v) is 7.73. The Morgan fingerprint density at radius 1 is 1.52 bits per heavy atom. The second-order valence-corrected chi connectivity index (χ2v) is 5.79. The molecule has 0 aromatic carbocycles. The summed E-state index contributed by atoms with van der Waals surface area (Å²) in [6.45, 7) is 3.92. The van der Waals surface area contributed by atoms with Gasteiger partial charge in [-0.3, -0.25) is 9.48 Å². The van der Waals surface area contributed by atoms with Crippen molar-refractivity contribution in [3.63, 3.8) is 0 Å². The molecule has 6 nitrogen and oxygen atoms in total. The van der Waals surface area contributed by atoms with Gasteiger partial charge in [0, 0.05) is 19.8 Å². The second-order valence-electron chi connectivity index (χ2n) is 5.79. The molecule has 0 saturated carbocycles. The van der Waals surface area contributed by atoms with Crippen LogP contribution in [0.5, 0.6) is 0 Å². The fourth-order valence-electron chi connectivity index (χ4n) is 2.79. The van der Waals surface area contributed by atoms with Crippen LogP contribution in [0.3, 0.4) is 0 Å². The molecule has 2 atom stereocenters. The lowest BCUT2D eigenvalue weighted by Crippen LogP contribution is -2.32. The van der Waals surface area contributed by atoms with E-state index in [9.17, 15) is 4.79 Å². The number of furan rings is 1. The average molecular weight is 339 g/mol. The van der Waals surface area contributed by atoms with Gasteiger partial charge in [0.15, 0.2) is 0 Å². The Hall–Kier alpha value is -1.79. The molecule has 2 unspecified atom stereocenters. The minimum Gasteiger partial charge on any atom is -0.467 e. The third-order valence-corrected chi connectivity index (χ3v) is 4.33. The maximum absolute atomic E-state index is 12.6. The number of halogens is 1. The van der Waals surface area contributed by atoms with Gasteiger partial charge in [-0.1, -0.05) is 0 Å². The molecule has 1 aliphatic rings. The van der Waals surface area contributed by atoms with Gasteiger partial charge in [0.1, 0.15) is 11.5 Å². The summed E-state index contributed by atoms with van der Waals surface area (Å²) in [6, 6.07) is 5.71. The van der Waals surface area contributed by atoms with E-state index in [1.54, 1.807) is 24.3 Å². The van der Waals surface area contributed by atoms with E-state index in [2.05, 4.69) is 10.4 Å². The lowest BCUT2D eigenvalue weighted by molar-refractivity contribution is 0.0718. The second kappa shape index (κ2) is 7.66. The molecule has 0 radical (unpaired) electrons. The highest BCUT2D eigenvalue weighted by molar-refractivity contribution is 5.92. The normalized spacial score (nSPS) is 19.0. The number of carbonyl (C=O) groups is 1. The Balaban J connectivity index is 0.00000192. The quantitative estimate of drug-likeness (QED) is 0.931. The zero-order valence-corrected chi connectivity index (χ0v) is 14.3. The molecule has 23 heavy (non-hydrogen) atoms. The van der Waals surface area contributed by atoms with Crippen molar-refractivity contribution in [1.29, 1.82) is 0 Å². The topological polar surface area (TPSA) is 63.3 Å². The van der Waals surface area contributed by atoms with Crippen LogP contribution < -0.4 is 5.32 Å². The Labute approximate surface area is 142 Å². The highest BCUT2D eigenvalue weighted by atomic mass is 35.5. The zero-order chi connectivity index (χ0) is 15.5. The number of nitrogens with one attached hydrogen (secondary N) is 1. The van der Waals surface area contributed by atoms with Crippen molar-refractivity contribution < 1.29 is 9.21 Å². The maximum Gasteiger partial charge on any atom is 0.274 e. The van der Waals surface area contributed by atoms with Crippen molar-refractivity contribution in [2.45, 2.75) is 31.8 Å². The predicted octanol–water partition coefficient (Wildman–Crippen LogP) is 2.66. The van der Waals surface area contributed by atoms with Crippen LogP contribution in [0.1, 0.15) is 48.1 Å². The van der Waals surface area contributed by atoms with E-state index in [0.29, 0.717) is 11.7 Å². The molecule has 7 heteroatoms. The van der Waals surface area contributed by atoms with Crippen molar-refractivity contribution in [3.8, 4) is 0 Å². The fourth-order valence-corrected chi connectivity index (χ4v) is 2.79. The van der Waals surface area contributed by atoms with Crippen molar-refractivity contribution in [3.05, 3.63) is 42.1 Å². The monoisotopic (exact) mass is 338 g/mol. The Kier molecular flexibility index (Phi) is 5.85. The number of piperidine rings is 1. The van der Waals surface area contributed by atoms with Gasteiger partial charge in [0.25, 0.3) is 5.91 Å². The Bertz CT molecular complexity index is 620.